The van der Waals surface area contributed by atoms with E-state index in [0.29, 0.717) is 17.5 Å². The number of hydrogen-bond donors (Lipinski definition) is 1. The number of nitrogens with one attached hydrogen (secondary N) is 1. The standard InChI is InChI=1S/C11H13N5/c12-5-8-1-3-14-15-11(8)16-4-2-9-6-13-7-10(9)16/h1,3,9-10,13H,2,4,6-7H2/t9-,10+/m0/s1. The van der Waals surface area contributed by atoms with Crippen molar-refractivity contribution in [1.29, 1.82) is 5.26 Å². The van der Waals surface area contributed by atoms with Crippen molar-refractivity contribution >= 4 is 5.82 Å². The highest BCUT2D eigenvalue weighted by molar-refractivity contribution is 5.54. The molecule has 3 heterocycles. The summed E-state index contributed by atoms with van der Waals surface area (Å²) in [6.45, 7) is 3.07. The molecule has 2 aliphatic heterocycles. The van der Waals surface area contributed by atoms with Crippen LogP contribution >= 0.6 is 0 Å². The Labute approximate surface area is 94.1 Å². The molecule has 5 heteroatoms. The van der Waals surface area contributed by atoms with E-state index >= 15 is 0 Å². The van der Waals surface area contributed by atoms with Crippen molar-refractivity contribution in [3.8, 4) is 6.07 Å². The highest BCUT2D eigenvalue weighted by atomic mass is 15.3. The molecule has 0 unspecified atom stereocenters. The molecule has 5 nitrogen and oxygen atoms in total. The lowest BCUT2D eigenvalue weighted by Gasteiger charge is -2.24. The van der Waals surface area contributed by atoms with E-state index in [9.17, 15) is 0 Å². The van der Waals surface area contributed by atoms with Crippen molar-refractivity contribution in [3.63, 3.8) is 0 Å². The minimum Gasteiger partial charge on any atom is -0.349 e. The summed E-state index contributed by atoms with van der Waals surface area (Å²) in [5, 5.41) is 20.5. The average molecular weight is 215 g/mol. The molecule has 3 rings (SSSR count). The number of nitriles is 1. The van der Waals surface area contributed by atoms with Crippen LogP contribution < -0.4 is 10.2 Å². The molecular formula is C11H13N5. The predicted molar refractivity (Wildman–Crippen MR) is 58.9 cm³/mol. The maximum atomic E-state index is 9.06. The van der Waals surface area contributed by atoms with Gasteiger partial charge in [0.1, 0.15) is 6.07 Å². The Bertz CT molecular complexity index is 438. The summed E-state index contributed by atoms with van der Waals surface area (Å²) in [6.07, 6.45) is 2.75. The first-order valence-corrected chi connectivity index (χ1v) is 5.59. The van der Waals surface area contributed by atoms with E-state index in [1.807, 2.05) is 0 Å². The summed E-state index contributed by atoms with van der Waals surface area (Å²) in [6, 6.07) is 4.41. The molecule has 0 amide bonds. The third-order valence-electron chi connectivity index (χ3n) is 3.54. The summed E-state index contributed by atoms with van der Waals surface area (Å²) in [5.41, 5.74) is 0.627. The van der Waals surface area contributed by atoms with Crippen LogP contribution in [0.4, 0.5) is 5.82 Å². The van der Waals surface area contributed by atoms with Gasteiger partial charge in [-0.3, -0.25) is 0 Å². The first kappa shape index (κ1) is 9.55. The van der Waals surface area contributed by atoms with E-state index in [1.54, 1.807) is 12.3 Å². The number of anilines is 1. The highest BCUT2D eigenvalue weighted by Crippen LogP contribution is 2.31. The van der Waals surface area contributed by atoms with E-state index in [-0.39, 0.29) is 0 Å². The van der Waals surface area contributed by atoms with E-state index < -0.39 is 0 Å². The van der Waals surface area contributed by atoms with Crippen LogP contribution in [0.2, 0.25) is 0 Å². The van der Waals surface area contributed by atoms with Gasteiger partial charge in [-0.05, 0) is 18.4 Å². The Balaban J connectivity index is 1.95. The van der Waals surface area contributed by atoms with Crippen molar-refractivity contribution in [3.05, 3.63) is 17.8 Å². The van der Waals surface area contributed by atoms with Crippen LogP contribution in [0, 0.1) is 17.2 Å². The molecule has 82 valence electrons. The largest absolute Gasteiger partial charge is 0.349 e. The van der Waals surface area contributed by atoms with Gasteiger partial charge in [0.25, 0.3) is 0 Å². The van der Waals surface area contributed by atoms with Crippen LogP contribution in [0.25, 0.3) is 0 Å². The molecule has 16 heavy (non-hydrogen) atoms. The quantitative estimate of drug-likeness (QED) is 0.722. The van der Waals surface area contributed by atoms with E-state index in [2.05, 4.69) is 26.5 Å². The van der Waals surface area contributed by atoms with Gasteiger partial charge in [0.15, 0.2) is 5.82 Å². The number of fused-ring (bicyclic) bond motifs is 1. The minimum atomic E-state index is 0.490. The Hall–Kier alpha value is -1.67. The number of hydrogen-bond acceptors (Lipinski definition) is 5. The fourth-order valence-corrected chi connectivity index (χ4v) is 2.74. The zero-order chi connectivity index (χ0) is 11.0. The zero-order valence-corrected chi connectivity index (χ0v) is 8.93. The summed E-state index contributed by atoms with van der Waals surface area (Å²) in [7, 11) is 0. The maximum Gasteiger partial charge on any atom is 0.169 e. The van der Waals surface area contributed by atoms with Crippen LogP contribution in [0.15, 0.2) is 12.3 Å². The lowest BCUT2D eigenvalue weighted by Crippen LogP contribution is -2.35. The van der Waals surface area contributed by atoms with Gasteiger partial charge in [0.2, 0.25) is 0 Å². The fraction of sp³-hybridized carbons (Fsp3) is 0.545. The summed E-state index contributed by atoms with van der Waals surface area (Å²) in [5.74, 6) is 1.45. The maximum absolute atomic E-state index is 9.06. The van der Waals surface area contributed by atoms with Crippen LogP contribution in [0.3, 0.4) is 0 Å². The monoisotopic (exact) mass is 215 g/mol. The Kier molecular flexibility index (Phi) is 2.22. The molecule has 0 bridgehead atoms. The van der Waals surface area contributed by atoms with Gasteiger partial charge in [-0.2, -0.15) is 10.4 Å². The number of rotatable bonds is 1. The second kappa shape index (κ2) is 3.72. The molecule has 0 radical (unpaired) electrons. The third-order valence-corrected chi connectivity index (χ3v) is 3.54. The smallest absolute Gasteiger partial charge is 0.169 e. The van der Waals surface area contributed by atoms with E-state index in [4.69, 9.17) is 5.26 Å². The molecule has 0 aromatic carbocycles. The lowest BCUT2D eigenvalue weighted by molar-refractivity contribution is 0.576. The van der Waals surface area contributed by atoms with E-state index in [0.717, 1.165) is 25.5 Å². The summed E-state index contributed by atoms with van der Waals surface area (Å²) < 4.78 is 0. The fourth-order valence-electron chi connectivity index (χ4n) is 2.74. The number of aromatic nitrogens is 2. The molecule has 1 N–H and O–H groups in total. The SMILES string of the molecule is N#Cc1ccnnc1N1CC[C@H]2CNC[C@H]21. The van der Waals surface area contributed by atoms with Crippen LogP contribution in [0.5, 0.6) is 0 Å². The zero-order valence-electron chi connectivity index (χ0n) is 8.93. The summed E-state index contributed by atoms with van der Waals surface area (Å²) >= 11 is 0. The van der Waals surface area contributed by atoms with Gasteiger partial charge in [-0.15, -0.1) is 5.10 Å². The first-order chi connectivity index (χ1) is 7.90. The van der Waals surface area contributed by atoms with Crippen LogP contribution in [-0.2, 0) is 0 Å². The molecule has 1 aromatic heterocycles. The van der Waals surface area contributed by atoms with Gasteiger partial charge in [0.05, 0.1) is 11.8 Å². The normalized spacial score (nSPS) is 27.8. The molecule has 1 aromatic rings. The third kappa shape index (κ3) is 1.34. The molecule has 2 atom stereocenters. The Morgan fingerprint density at radius 1 is 1.50 bits per heavy atom. The molecule has 2 saturated heterocycles. The van der Waals surface area contributed by atoms with E-state index in [1.165, 1.54) is 6.42 Å². The second-order valence-corrected chi connectivity index (χ2v) is 4.35. The van der Waals surface area contributed by atoms with Crippen LogP contribution in [-0.4, -0.2) is 35.9 Å². The topological polar surface area (TPSA) is 64.8 Å². The Morgan fingerprint density at radius 3 is 3.31 bits per heavy atom. The molecule has 0 saturated carbocycles. The van der Waals surface area contributed by atoms with Crippen molar-refractivity contribution in [1.82, 2.24) is 15.5 Å². The highest BCUT2D eigenvalue weighted by Gasteiger charge is 2.38. The van der Waals surface area contributed by atoms with Crippen molar-refractivity contribution < 1.29 is 0 Å². The van der Waals surface area contributed by atoms with Gasteiger partial charge >= 0.3 is 0 Å². The molecular weight excluding hydrogens is 202 g/mol. The molecule has 2 fully saturated rings. The van der Waals surface area contributed by atoms with Gasteiger partial charge in [-0.25, -0.2) is 0 Å². The van der Waals surface area contributed by atoms with Crippen molar-refractivity contribution in [2.45, 2.75) is 12.5 Å². The van der Waals surface area contributed by atoms with Gasteiger partial charge in [0, 0.05) is 25.7 Å². The Morgan fingerprint density at radius 2 is 2.44 bits per heavy atom. The van der Waals surface area contributed by atoms with Crippen LogP contribution in [0.1, 0.15) is 12.0 Å². The second-order valence-electron chi connectivity index (χ2n) is 4.35. The summed E-state index contributed by atoms with van der Waals surface area (Å²) in [4.78, 5) is 2.23. The molecule has 0 spiro atoms. The minimum absolute atomic E-state index is 0.490. The molecule has 2 aliphatic rings. The van der Waals surface area contributed by atoms with Crippen molar-refractivity contribution in [2.24, 2.45) is 5.92 Å². The first-order valence-electron chi connectivity index (χ1n) is 5.59. The van der Waals surface area contributed by atoms with Crippen molar-refractivity contribution in [2.75, 3.05) is 24.5 Å². The predicted octanol–water partition coefficient (Wildman–Crippen LogP) is 0.146. The lowest BCUT2D eigenvalue weighted by atomic mass is 10.1. The average Bonchev–Trinajstić information content (AvgIpc) is 2.91. The number of nitrogens with zero attached hydrogens (tertiary/aromatic N) is 4. The molecule has 0 aliphatic carbocycles. The van der Waals surface area contributed by atoms with Gasteiger partial charge in [-0.1, -0.05) is 0 Å². The van der Waals surface area contributed by atoms with Gasteiger partial charge < -0.3 is 10.2 Å².